The molecule has 0 fully saturated rings. The SMILES string of the molecule is O=C(O)[C@@H]1C=C(c2ccc(Oc3ccccc3)cc2)CN1C(=O)OCc1ccccc1. The van der Waals surface area contributed by atoms with E-state index in [1.54, 1.807) is 6.08 Å². The maximum Gasteiger partial charge on any atom is 0.411 e. The minimum Gasteiger partial charge on any atom is -0.479 e. The summed E-state index contributed by atoms with van der Waals surface area (Å²) >= 11 is 0. The first kappa shape index (κ1) is 20.2. The van der Waals surface area contributed by atoms with Gasteiger partial charge in [-0.2, -0.15) is 0 Å². The van der Waals surface area contributed by atoms with Crippen LogP contribution in [0, 0.1) is 0 Å². The molecule has 4 rings (SSSR count). The van der Waals surface area contributed by atoms with Crippen LogP contribution in [0.4, 0.5) is 4.79 Å². The zero-order valence-electron chi connectivity index (χ0n) is 16.7. The van der Waals surface area contributed by atoms with Crippen LogP contribution in [-0.4, -0.2) is 34.7 Å². The lowest BCUT2D eigenvalue weighted by Crippen LogP contribution is -2.41. The molecule has 0 saturated heterocycles. The molecule has 0 radical (unpaired) electrons. The number of carbonyl (C=O) groups excluding carboxylic acids is 1. The lowest BCUT2D eigenvalue weighted by molar-refractivity contribution is -0.140. The maximum absolute atomic E-state index is 12.6. The predicted molar refractivity (Wildman–Crippen MR) is 116 cm³/mol. The first-order valence-electron chi connectivity index (χ1n) is 9.84. The number of hydrogen-bond donors (Lipinski definition) is 1. The molecule has 1 heterocycles. The summed E-state index contributed by atoms with van der Waals surface area (Å²) in [5, 5.41) is 9.58. The van der Waals surface area contributed by atoms with Gasteiger partial charge in [-0.15, -0.1) is 0 Å². The molecule has 1 aliphatic heterocycles. The summed E-state index contributed by atoms with van der Waals surface area (Å²) in [6.07, 6.45) is 0.922. The lowest BCUT2D eigenvalue weighted by atomic mass is 10.1. The zero-order chi connectivity index (χ0) is 21.6. The molecule has 156 valence electrons. The standard InChI is InChI=1S/C25H21NO5/c27-24(28)23-15-20(16-26(23)25(29)30-17-18-7-3-1-4-8-18)19-11-13-22(14-12-19)31-21-9-5-2-6-10-21/h1-15,23H,16-17H2,(H,27,28)/t23-/m0/s1. The molecular formula is C25H21NO5. The molecule has 0 saturated carbocycles. The number of carboxylic acids is 1. The molecule has 1 N–H and O–H groups in total. The van der Waals surface area contributed by atoms with Crippen molar-refractivity contribution < 1.29 is 24.2 Å². The van der Waals surface area contributed by atoms with E-state index in [0.717, 1.165) is 22.4 Å². The largest absolute Gasteiger partial charge is 0.479 e. The Morgan fingerprint density at radius 2 is 1.48 bits per heavy atom. The molecule has 0 aliphatic carbocycles. The molecule has 0 aromatic heterocycles. The Morgan fingerprint density at radius 3 is 2.13 bits per heavy atom. The molecule has 0 unspecified atom stereocenters. The smallest absolute Gasteiger partial charge is 0.411 e. The topological polar surface area (TPSA) is 76.1 Å². The van der Waals surface area contributed by atoms with Crippen molar-refractivity contribution in [1.29, 1.82) is 0 Å². The third-order valence-electron chi connectivity index (χ3n) is 4.93. The second-order valence-electron chi connectivity index (χ2n) is 7.08. The highest BCUT2D eigenvalue weighted by atomic mass is 16.6. The second kappa shape index (κ2) is 9.17. The van der Waals surface area contributed by atoms with E-state index in [4.69, 9.17) is 9.47 Å². The fourth-order valence-corrected chi connectivity index (χ4v) is 3.35. The van der Waals surface area contributed by atoms with Crippen LogP contribution in [0.1, 0.15) is 11.1 Å². The quantitative estimate of drug-likeness (QED) is 0.615. The highest BCUT2D eigenvalue weighted by Gasteiger charge is 2.35. The number of benzene rings is 3. The van der Waals surface area contributed by atoms with Gasteiger partial charge >= 0.3 is 12.1 Å². The fraction of sp³-hybridized carbons (Fsp3) is 0.120. The Hall–Kier alpha value is -4.06. The Morgan fingerprint density at radius 1 is 0.871 bits per heavy atom. The number of hydrogen-bond acceptors (Lipinski definition) is 4. The number of rotatable bonds is 6. The summed E-state index contributed by atoms with van der Waals surface area (Å²) in [5.41, 5.74) is 2.41. The summed E-state index contributed by atoms with van der Waals surface area (Å²) in [4.78, 5) is 25.5. The molecule has 1 amide bonds. The number of ether oxygens (including phenoxy) is 2. The molecule has 1 aliphatic rings. The van der Waals surface area contributed by atoms with E-state index in [1.807, 2.05) is 84.9 Å². The van der Waals surface area contributed by atoms with E-state index < -0.39 is 18.1 Å². The second-order valence-corrected chi connectivity index (χ2v) is 7.08. The molecule has 0 bridgehead atoms. The van der Waals surface area contributed by atoms with Crippen LogP contribution < -0.4 is 4.74 Å². The highest BCUT2D eigenvalue weighted by molar-refractivity contribution is 5.89. The third-order valence-corrected chi connectivity index (χ3v) is 4.93. The van der Waals surface area contributed by atoms with Crippen molar-refractivity contribution in [3.8, 4) is 11.5 Å². The van der Waals surface area contributed by atoms with Gasteiger partial charge in [0.2, 0.25) is 0 Å². The molecule has 1 atom stereocenters. The van der Waals surface area contributed by atoms with Crippen molar-refractivity contribution in [2.24, 2.45) is 0 Å². The number of para-hydroxylation sites is 1. The third kappa shape index (κ3) is 4.93. The number of nitrogens with zero attached hydrogens (tertiary/aromatic N) is 1. The molecule has 31 heavy (non-hydrogen) atoms. The van der Waals surface area contributed by atoms with Crippen LogP contribution in [-0.2, 0) is 16.1 Å². The minimum absolute atomic E-state index is 0.0867. The van der Waals surface area contributed by atoms with Gasteiger partial charge in [-0.1, -0.05) is 60.7 Å². The van der Waals surface area contributed by atoms with Gasteiger partial charge in [0.15, 0.2) is 6.04 Å². The number of carboxylic acid groups (broad SMARTS) is 1. The van der Waals surface area contributed by atoms with Gasteiger partial charge in [-0.3, -0.25) is 4.90 Å². The van der Waals surface area contributed by atoms with E-state index in [-0.39, 0.29) is 13.2 Å². The molecule has 0 spiro atoms. The van der Waals surface area contributed by atoms with Crippen molar-refractivity contribution in [3.05, 3.63) is 102 Å². The average Bonchev–Trinajstić information content (AvgIpc) is 3.25. The maximum atomic E-state index is 12.6. The Bertz CT molecular complexity index is 1080. The van der Waals surface area contributed by atoms with Crippen molar-refractivity contribution in [2.75, 3.05) is 6.54 Å². The van der Waals surface area contributed by atoms with Crippen molar-refractivity contribution in [2.45, 2.75) is 12.6 Å². The van der Waals surface area contributed by atoms with Crippen LogP contribution in [0.2, 0.25) is 0 Å². The number of carbonyl (C=O) groups is 2. The molecule has 6 nitrogen and oxygen atoms in total. The average molecular weight is 415 g/mol. The van der Waals surface area contributed by atoms with Crippen molar-refractivity contribution in [1.82, 2.24) is 4.90 Å². The van der Waals surface area contributed by atoms with Gasteiger partial charge in [0, 0.05) is 0 Å². The van der Waals surface area contributed by atoms with Crippen molar-refractivity contribution >= 4 is 17.6 Å². The minimum atomic E-state index is -1.10. The fourth-order valence-electron chi connectivity index (χ4n) is 3.35. The highest BCUT2D eigenvalue weighted by Crippen LogP contribution is 2.29. The first-order chi connectivity index (χ1) is 15.1. The molecular weight excluding hydrogens is 394 g/mol. The van der Waals surface area contributed by atoms with Crippen LogP contribution in [0.5, 0.6) is 11.5 Å². The van der Waals surface area contributed by atoms with Gasteiger partial charge in [0.1, 0.15) is 18.1 Å². The summed E-state index contributed by atoms with van der Waals surface area (Å²) < 4.78 is 11.1. The molecule has 3 aromatic rings. The van der Waals surface area contributed by atoms with Gasteiger partial charge in [-0.05, 0) is 47.0 Å². The van der Waals surface area contributed by atoms with Crippen molar-refractivity contribution in [3.63, 3.8) is 0 Å². The Kier molecular flexibility index (Phi) is 5.98. The van der Waals surface area contributed by atoms with E-state index in [1.165, 1.54) is 4.90 Å². The van der Waals surface area contributed by atoms with Crippen LogP contribution in [0.15, 0.2) is 91.0 Å². The summed E-state index contributed by atoms with van der Waals surface area (Å²) in [6, 6.07) is 24.9. The van der Waals surface area contributed by atoms with Gasteiger partial charge in [0.25, 0.3) is 0 Å². The molecule has 6 heteroatoms. The van der Waals surface area contributed by atoms with Crippen LogP contribution in [0.3, 0.4) is 0 Å². The first-order valence-corrected chi connectivity index (χ1v) is 9.84. The summed E-state index contributed by atoms with van der Waals surface area (Å²) in [6.45, 7) is 0.243. The van der Waals surface area contributed by atoms with Gasteiger partial charge in [-0.25, -0.2) is 9.59 Å². The Balaban J connectivity index is 1.43. The van der Waals surface area contributed by atoms with Gasteiger partial charge < -0.3 is 14.6 Å². The monoisotopic (exact) mass is 415 g/mol. The number of aliphatic carboxylic acids is 1. The summed E-state index contributed by atoms with van der Waals surface area (Å²) in [5.74, 6) is 0.298. The van der Waals surface area contributed by atoms with Gasteiger partial charge in [0.05, 0.1) is 6.54 Å². The van der Waals surface area contributed by atoms with E-state index in [2.05, 4.69) is 0 Å². The number of amides is 1. The van der Waals surface area contributed by atoms with E-state index in [9.17, 15) is 14.7 Å². The normalized spacial score (nSPS) is 15.3. The van der Waals surface area contributed by atoms with E-state index >= 15 is 0 Å². The zero-order valence-corrected chi connectivity index (χ0v) is 16.7. The van der Waals surface area contributed by atoms with Crippen LogP contribution >= 0.6 is 0 Å². The lowest BCUT2D eigenvalue weighted by Gasteiger charge is -2.21. The van der Waals surface area contributed by atoms with Crippen LogP contribution in [0.25, 0.3) is 5.57 Å². The molecule has 3 aromatic carbocycles. The Labute approximate surface area is 180 Å². The van der Waals surface area contributed by atoms with E-state index in [0.29, 0.717) is 5.75 Å². The predicted octanol–water partition coefficient (Wildman–Crippen LogP) is 4.97. The summed E-state index contributed by atoms with van der Waals surface area (Å²) in [7, 11) is 0.